The van der Waals surface area contributed by atoms with Crippen molar-refractivity contribution in [3.8, 4) is 0 Å². The van der Waals surface area contributed by atoms with Gasteiger partial charge in [0.25, 0.3) is 0 Å². The van der Waals surface area contributed by atoms with Gasteiger partial charge in [-0.2, -0.15) is 0 Å². The Bertz CT molecular complexity index is 904. The average Bonchev–Trinajstić information content (AvgIpc) is 2.81. The molecular weight excluding hydrogens is 314 g/mol. The molecule has 0 fully saturated rings. The largest absolute Gasteiger partial charge is 0.485 e. The first kappa shape index (κ1) is 14.0. The van der Waals surface area contributed by atoms with E-state index >= 15 is 0 Å². The standard InChI is InChI=1S/C20H19NO2Si/c1-24(2)19-6-4-3-5-16(19)21-10-9-17-15(20(21)24)11-13-7-8-14(22)12-18(13)23-17/h3-8,11-12,17H,9-10H2,1-2H3. The molecule has 4 aliphatic rings. The van der Waals surface area contributed by atoms with Crippen LogP contribution in [0.5, 0.6) is 0 Å². The summed E-state index contributed by atoms with van der Waals surface area (Å²) in [6.45, 7) is 5.85. The average molecular weight is 333 g/mol. The minimum Gasteiger partial charge on any atom is -0.485 e. The molecule has 0 aromatic heterocycles. The lowest BCUT2D eigenvalue weighted by atomic mass is 9.94. The van der Waals surface area contributed by atoms with Gasteiger partial charge in [-0.25, -0.2) is 0 Å². The van der Waals surface area contributed by atoms with Crippen LogP contribution in [-0.4, -0.2) is 26.5 Å². The van der Waals surface area contributed by atoms with Gasteiger partial charge < -0.3 is 9.64 Å². The maximum absolute atomic E-state index is 11.6. The van der Waals surface area contributed by atoms with Crippen LogP contribution in [0.3, 0.4) is 0 Å². The van der Waals surface area contributed by atoms with Gasteiger partial charge in [-0.05, 0) is 29.5 Å². The van der Waals surface area contributed by atoms with Gasteiger partial charge in [-0.3, -0.25) is 4.79 Å². The zero-order valence-corrected chi connectivity index (χ0v) is 14.9. The number of benzene rings is 1. The molecule has 0 amide bonds. The molecule has 0 spiro atoms. The molecule has 24 heavy (non-hydrogen) atoms. The number of fused-ring (bicyclic) bond motifs is 5. The van der Waals surface area contributed by atoms with Gasteiger partial charge in [-0.1, -0.05) is 31.3 Å². The van der Waals surface area contributed by atoms with Crippen molar-refractivity contribution in [2.45, 2.75) is 25.6 Å². The molecule has 0 radical (unpaired) electrons. The van der Waals surface area contributed by atoms with Crippen molar-refractivity contribution in [3.63, 3.8) is 0 Å². The molecule has 5 rings (SSSR count). The van der Waals surface area contributed by atoms with Crippen molar-refractivity contribution < 1.29 is 9.53 Å². The highest BCUT2D eigenvalue weighted by Gasteiger charge is 2.47. The van der Waals surface area contributed by atoms with Crippen molar-refractivity contribution in [3.05, 3.63) is 70.8 Å². The third kappa shape index (κ3) is 1.75. The number of allylic oxidation sites excluding steroid dienone is 3. The molecule has 3 heterocycles. The van der Waals surface area contributed by atoms with E-state index in [1.54, 1.807) is 12.2 Å². The Balaban J connectivity index is 1.74. The second-order valence-corrected chi connectivity index (χ2v) is 11.6. The number of anilines is 1. The minimum atomic E-state index is -1.73. The summed E-state index contributed by atoms with van der Waals surface area (Å²) in [5.41, 5.74) is 3.72. The summed E-state index contributed by atoms with van der Waals surface area (Å²) in [7, 11) is -1.73. The van der Waals surface area contributed by atoms with Crippen molar-refractivity contribution >= 4 is 24.7 Å². The second kappa shape index (κ2) is 4.60. The van der Waals surface area contributed by atoms with Crippen LogP contribution in [-0.2, 0) is 9.53 Å². The molecule has 0 bridgehead atoms. The van der Waals surface area contributed by atoms with Gasteiger partial charge in [0.05, 0.1) is 0 Å². The Labute approximate surface area is 142 Å². The SMILES string of the molecule is C[Si]1(C)C2=C3C=C4C=CC(=O)C=C4OC3CCN2c2ccccc21. The first-order valence-corrected chi connectivity index (χ1v) is 11.5. The molecule has 0 saturated heterocycles. The summed E-state index contributed by atoms with van der Waals surface area (Å²) in [5, 5.41) is 3.00. The van der Waals surface area contributed by atoms with E-state index in [2.05, 4.69) is 48.3 Å². The van der Waals surface area contributed by atoms with E-state index in [1.807, 2.05) is 6.08 Å². The number of carbonyl (C=O) groups excluding carboxylic acids is 1. The first-order valence-electron chi connectivity index (χ1n) is 8.50. The van der Waals surface area contributed by atoms with Crippen LogP contribution < -0.4 is 10.1 Å². The van der Waals surface area contributed by atoms with E-state index in [9.17, 15) is 4.79 Å². The van der Waals surface area contributed by atoms with Gasteiger partial charge in [0.1, 0.15) is 19.9 Å². The Hall–Kier alpha value is -2.33. The third-order valence-corrected chi connectivity index (χ3v) is 9.04. The Morgan fingerprint density at radius 3 is 2.88 bits per heavy atom. The fourth-order valence-corrected chi connectivity index (χ4v) is 7.96. The van der Waals surface area contributed by atoms with E-state index in [1.165, 1.54) is 21.8 Å². The highest BCUT2D eigenvalue weighted by atomic mass is 28.3. The lowest BCUT2D eigenvalue weighted by molar-refractivity contribution is -0.110. The first-order chi connectivity index (χ1) is 11.6. The maximum Gasteiger partial charge on any atom is 0.182 e. The number of para-hydroxylation sites is 1. The predicted molar refractivity (Wildman–Crippen MR) is 97.7 cm³/mol. The van der Waals surface area contributed by atoms with Gasteiger partial charge in [0.15, 0.2) is 5.78 Å². The molecule has 3 aliphatic heterocycles. The lowest BCUT2D eigenvalue weighted by Crippen LogP contribution is -2.46. The van der Waals surface area contributed by atoms with Crippen LogP contribution in [0.1, 0.15) is 6.42 Å². The van der Waals surface area contributed by atoms with Crippen LogP contribution in [0.2, 0.25) is 13.1 Å². The van der Waals surface area contributed by atoms with Crippen LogP contribution in [0.25, 0.3) is 0 Å². The minimum absolute atomic E-state index is 0.0127. The molecule has 1 aromatic rings. The number of nitrogens with zero attached hydrogens (tertiary/aromatic N) is 1. The topological polar surface area (TPSA) is 29.5 Å². The molecule has 0 N–H and O–H groups in total. The van der Waals surface area contributed by atoms with Crippen molar-refractivity contribution in [1.82, 2.24) is 0 Å². The van der Waals surface area contributed by atoms with Gasteiger partial charge in [-0.15, -0.1) is 0 Å². The van der Waals surface area contributed by atoms with Crippen molar-refractivity contribution in [1.29, 1.82) is 0 Å². The van der Waals surface area contributed by atoms with E-state index in [4.69, 9.17) is 4.74 Å². The van der Waals surface area contributed by atoms with Crippen molar-refractivity contribution in [2.75, 3.05) is 11.4 Å². The molecule has 1 aliphatic carbocycles. The fraction of sp³-hybridized carbons (Fsp3) is 0.250. The lowest BCUT2D eigenvalue weighted by Gasteiger charge is -2.39. The number of hydrogen-bond donors (Lipinski definition) is 0. The smallest absolute Gasteiger partial charge is 0.182 e. The summed E-state index contributed by atoms with van der Waals surface area (Å²) < 4.78 is 6.22. The molecule has 120 valence electrons. The van der Waals surface area contributed by atoms with Crippen LogP contribution in [0.4, 0.5) is 5.69 Å². The molecular formula is C20H19NO2Si. The van der Waals surface area contributed by atoms with Crippen LogP contribution in [0.15, 0.2) is 70.8 Å². The number of hydrogen-bond acceptors (Lipinski definition) is 3. The Morgan fingerprint density at radius 2 is 2.00 bits per heavy atom. The zero-order valence-electron chi connectivity index (χ0n) is 13.9. The van der Waals surface area contributed by atoms with E-state index < -0.39 is 8.07 Å². The summed E-state index contributed by atoms with van der Waals surface area (Å²) in [6, 6.07) is 8.83. The number of ether oxygens (including phenoxy) is 1. The van der Waals surface area contributed by atoms with E-state index in [-0.39, 0.29) is 11.9 Å². The predicted octanol–water partition coefficient (Wildman–Crippen LogP) is 2.97. The Kier molecular flexibility index (Phi) is 2.69. The van der Waals surface area contributed by atoms with Crippen molar-refractivity contribution in [2.24, 2.45) is 0 Å². The van der Waals surface area contributed by atoms with E-state index in [0.717, 1.165) is 24.3 Å². The Morgan fingerprint density at radius 1 is 1.17 bits per heavy atom. The summed E-state index contributed by atoms with van der Waals surface area (Å²) in [5.74, 6) is 0.749. The summed E-state index contributed by atoms with van der Waals surface area (Å²) in [4.78, 5) is 14.1. The number of carbonyl (C=O) groups is 1. The quantitative estimate of drug-likeness (QED) is 0.684. The van der Waals surface area contributed by atoms with Gasteiger partial charge >= 0.3 is 0 Å². The molecule has 1 unspecified atom stereocenters. The molecule has 0 saturated carbocycles. The van der Waals surface area contributed by atoms with Crippen LogP contribution in [0, 0.1) is 0 Å². The van der Waals surface area contributed by atoms with Gasteiger partial charge in [0, 0.05) is 41.2 Å². The number of rotatable bonds is 0. The maximum atomic E-state index is 11.6. The second-order valence-electron chi connectivity index (χ2n) is 7.34. The zero-order chi connectivity index (χ0) is 16.5. The normalized spacial score (nSPS) is 26.0. The monoisotopic (exact) mass is 333 g/mol. The van der Waals surface area contributed by atoms with Gasteiger partial charge in [0.2, 0.25) is 0 Å². The number of ketones is 1. The molecule has 1 atom stereocenters. The highest BCUT2D eigenvalue weighted by Crippen LogP contribution is 2.44. The fourth-order valence-electron chi connectivity index (χ4n) is 4.47. The van der Waals surface area contributed by atoms with E-state index in [0.29, 0.717) is 0 Å². The highest BCUT2D eigenvalue weighted by molar-refractivity contribution is 6.98. The molecule has 3 nitrogen and oxygen atoms in total. The van der Waals surface area contributed by atoms with Crippen LogP contribution >= 0.6 is 0 Å². The molecule has 4 heteroatoms. The third-order valence-electron chi connectivity index (χ3n) is 5.53. The summed E-state index contributed by atoms with van der Waals surface area (Å²) >= 11 is 0. The molecule has 1 aromatic carbocycles. The summed E-state index contributed by atoms with van der Waals surface area (Å²) in [6.07, 6.45) is 8.41.